The Labute approximate surface area is 120 Å². The van der Waals surface area contributed by atoms with Crippen molar-refractivity contribution in [3.8, 4) is 5.75 Å². The van der Waals surface area contributed by atoms with Crippen LogP contribution in [0.25, 0.3) is 10.8 Å². The molecule has 2 aromatic carbocycles. The van der Waals surface area contributed by atoms with Crippen molar-refractivity contribution >= 4 is 10.8 Å². The third-order valence-corrected chi connectivity index (χ3v) is 3.28. The Kier molecular flexibility index (Phi) is 5.84. The highest BCUT2D eigenvalue weighted by Gasteiger charge is 1.99. The largest absolute Gasteiger partial charge is 0.493 e. The summed E-state index contributed by atoms with van der Waals surface area (Å²) in [6.45, 7) is 4.06. The van der Waals surface area contributed by atoms with Crippen LogP contribution < -0.4 is 10.5 Å². The normalized spacial score (nSPS) is 12.5. The van der Waals surface area contributed by atoms with Crippen LogP contribution in [0, 0.1) is 0 Å². The van der Waals surface area contributed by atoms with E-state index in [1.807, 2.05) is 18.2 Å². The highest BCUT2D eigenvalue weighted by atomic mass is 16.5. The molecule has 2 rings (SSSR count). The highest BCUT2D eigenvalue weighted by molar-refractivity contribution is 5.83. The molecule has 0 aliphatic carbocycles. The second kappa shape index (κ2) is 7.88. The van der Waals surface area contributed by atoms with Crippen LogP contribution in [0.3, 0.4) is 0 Å². The maximum absolute atomic E-state index is 5.78. The molecule has 0 heterocycles. The van der Waals surface area contributed by atoms with Crippen molar-refractivity contribution in [2.24, 2.45) is 5.73 Å². The molecule has 0 saturated heterocycles. The number of nitrogens with two attached hydrogens (primary N) is 1. The lowest BCUT2D eigenvalue weighted by molar-refractivity contribution is 0.107. The molecule has 0 bridgehead atoms. The van der Waals surface area contributed by atoms with E-state index in [4.69, 9.17) is 15.2 Å². The van der Waals surface area contributed by atoms with Crippen LogP contribution in [-0.2, 0) is 4.74 Å². The monoisotopic (exact) mass is 273 g/mol. The second-order valence-corrected chi connectivity index (χ2v) is 4.95. The van der Waals surface area contributed by atoms with Gasteiger partial charge in [0.25, 0.3) is 0 Å². The summed E-state index contributed by atoms with van der Waals surface area (Å²) in [7, 11) is 0. The van der Waals surface area contributed by atoms with E-state index >= 15 is 0 Å². The summed E-state index contributed by atoms with van der Waals surface area (Å²) < 4.78 is 11.2. The first kappa shape index (κ1) is 14.8. The average Bonchev–Trinajstić information content (AvgIpc) is 2.50. The number of fused-ring (bicyclic) bond motifs is 1. The van der Waals surface area contributed by atoms with Gasteiger partial charge in [0.05, 0.1) is 13.2 Å². The molecule has 3 heteroatoms. The smallest absolute Gasteiger partial charge is 0.119 e. The van der Waals surface area contributed by atoms with Gasteiger partial charge in [-0.2, -0.15) is 0 Å². The van der Waals surface area contributed by atoms with E-state index in [9.17, 15) is 0 Å². The summed E-state index contributed by atoms with van der Waals surface area (Å²) in [5.74, 6) is 0.911. The van der Waals surface area contributed by atoms with Crippen LogP contribution in [-0.4, -0.2) is 25.9 Å². The summed E-state index contributed by atoms with van der Waals surface area (Å²) in [6.07, 6.45) is 1.83. The molecule has 1 unspecified atom stereocenters. The minimum atomic E-state index is 0.149. The predicted molar refractivity (Wildman–Crippen MR) is 83.1 cm³/mol. The van der Waals surface area contributed by atoms with Crippen molar-refractivity contribution in [3.63, 3.8) is 0 Å². The number of benzene rings is 2. The summed E-state index contributed by atoms with van der Waals surface area (Å²) in [5.41, 5.74) is 5.78. The van der Waals surface area contributed by atoms with Crippen LogP contribution in [0.5, 0.6) is 5.75 Å². The van der Waals surface area contributed by atoms with E-state index in [2.05, 4.69) is 31.2 Å². The van der Waals surface area contributed by atoms with Gasteiger partial charge in [-0.3, -0.25) is 0 Å². The quantitative estimate of drug-likeness (QED) is 0.750. The SMILES string of the molecule is CCC(N)COCCCOc1ccc2ccccc2c1. The standard InChI is InChI=1S/C17H23NO2/c1-2-16(18)13-19-10-5-11-20-17-9-8-14-6-3-4-7-15(14)12-17/h3-4,6-9,12,16H,2,5,10-11,13,18H2,1H3. The van der Waals surface area contributed by atoms with Crippen molar-refractivity contribution in [2.75, 3.05) is 19.8 Å². The van der Waals surface area contributed by atoms with Crippen LogP contribution in [0.1, 0.15) is 19.8 Å². The van der Waals surface area contributed by atoms with Crippen molar-refractivity contribution in [3.05, 3.63) is 42.5 Å². The van der Waals surface area contributed by atoms with Crippen LogP contribution in [0.4, 0.5) is 0 Å². The number of hydrogen-bond acceptors (Lipinski definition) is 3. The Bertz CT molecular complexity index is 527. The van der Waals surface area contributed by atoms with Gasteiger partial charge in [-0.05, 0) is 29.3 Å². The van der Waals surface area contributed by atoms with Gasteiger partial charge in [0.15, 0.2) is 0 Å². The molecular weight excluding hydrogens is 250 g/mol. The van der Waals surface area contributed by atoms with Gasteiger partial charge in [-0.1, -0.05) is 37.3 Å². The van der Waals surface area contributed by atoms with E-state index in [1.165, 1.54) is 10.8 Å². The molecule has 0 spiro atoms. The lowest BCUT2D eigenvalue weighted by Gasteiger charge is -2.10. The molecule has 0 saturated carbocycles. The fourth-order valence-electron chi connectivity index (χ4n) is 1.96. The average molecular weight is 273 g/mol. The maximum atomic E-state index is 5.78. The molecule has 0 radical (unpaired) electrons. The topological polar surface area (TPSA) is 44.5 Å². The van der Waals surface area contributed by atoms with E-state index in [0.717, 1.165) is 18.6 Å². The van der Waals surface area contributed by atoms with Gasteiger partial charge in [0.2, 0.25) is 0 Å². The van der Waals surface area contributed by atoms with Crippen LogP contribution in [0.2, 0.25) is 0 Å². The zero-order chi connectivity index (χ0) is 14.2. The first-order chi connectivity index (χ1) is 9.79. The van der Waals surface area contributed by atoms with Gasteiger partial charge >= 0.3 is 0 Å². The van der Waals surface area contributed by atoms with Gasteiger partial charge in [-0.15, -0.1) is 0 Å². The molecule has 0 aliphatic heterocycles. The van der Waals surface area contributed by atoms with Gasteiger partial charge < -0.3 is 15.2 Å². The number of rotatable bonds is 8. The molecule has 1 atom stereocenters. The van der Waals surface area contributed by atoms with Gasteiger partial charge in [0, 0.05) is 19.1 Å². The fourth-order valence-corrected chi connectivity index (χ4v) is 1.96. The third-order valence-electron chi connectivity index (χ3n) is 3.28. The zero-order valence-corrected chi connectivity index (χ0v) is 12.0. The molecule has 2 N–H and O–H groups in total. The Balaban J connectivity index is 1.70. The van der Waals surface area contributed by atoms with E-state index in [0.29, 0.717) is 19.8 Å². The summed E-state index contributed by atoms with van der Waals surface area (Å²) >= 11 is 0. The molecule has 0 aromatic heterocycles. The highest BCUT2D eigenvalue weighted by Crippen LogP contribution is 2.20. The number of ether oxygens (including phenoxy) is 2. The molecule has 0 fully saturated rings. The van der Waals surface area contributed by atoms with Crippen LogP contribution >= 0.6 is 0 Å². The van der Waals surface area contributed by atoms with Crippen molar-refractivity contribution in [1.29, 1.82) is 0 Å². The Morgan fingerprint density at radius 1 is 1.05 bits per heavy atom. The molecule has 3 nitrogen and oxygen atoms in total. The van der Waals surface area contributed by atoms with Crippen molar-refractivity contribution < 1.29 is 9.47 Å². The van der Waals surface area contributed by atoms with Crippen LogP contribution in [0.15, 0.2) is 42.5 Å². The van der Waals surface area contributed by atoms with Gasteiger partial charge in [0.1, 0.15) is 5.75 Å². The molecule has 108 valence electrons. The minimum absolute atomic E-state index is 0.149. The van der Waals surface area contributed by atoms with E-state index in [-0.39, 0.29) is 6.04 Å². The van der Waals surface area contributed by atoms with Gasteiger partial charge in [-0.25, -0.2) is 0 Å². The summed E-state index contributed by atoms with van der Waals surface area (Å²) in [4.78, 5) is 0. The van der Waals surface area contributed by atoms with E-state index < -0.39 is 0 Å². The maximum Gasteiger partial charge on any atom is 0.119 e. The second-order valence-electron chi connectivity index (χ2n) is 4.95. The first-order valence-electron chi connectivity index (χ1n) is 7.24. The first-order valence-corrected chi connectivity index (χ1v) is 7.24. The van der Waals surface area contributed by atoms with Crippen molar-refractivity contribution in [1.82, 2.24) is 0 Å². The Hall–Kier alpha value is -1.58. The lowest BCUT2D eigenvalue weighted by atomic mass is 10.1. The Morgan fingerprint density at radius 3 is 2.65 bits per heavy atom. The molecule has 0 amide bonds. The van der Waals surface area contributed by atoms with Crippen molar-refractivity contribution in [2.45, 2.75) is 25.8 Å². The summed E-state index contributed by atoms with van der Waals surface area (Å²) in [6, 6.07) is 14.6. The molecule has 0 aliphatic rings. The summed E-state index contributed by atoms with van der Waals surface area (Å²) in [5, 5.41) is 2.44. The fraction of sp³-hybridized carbons (Fsp3) is 0.412. The number of hydrogen-bond donors (Lipinski definition) is 1. The molecule has 2 aromatic rings. The molecule has 20 heavy (non-hydrogen) atoms. The molecular formula is C17H23NO2. The third kappa shape index (κ3) is 4.51. The van der Waals surface area contributed by atoms with E-state index in [1.54, 1.807) is 0 Å². The lowest BCUT2D eigenvalue weighted by Crippen LogP contribution is -2.25. The zero-order valence-electron chi connectivity index (χ0n) is 12.0. The Morgan fingerprint density at radius 2 is 1.85 bits per heavy atom. The predicted octanol–water partition coefficient (Wildman–Crippen LogP) is 3.36. The minimum Gasteiger partial charge on any atom is -0.493 e.